The molecular formula is C17H18Cl2N2O3. The first kappa shape index (κ1) is 18.2. The number of amides is 1. The summed E-state index contributed by atoms with van der Waals surface area (Å²) in [5, 5.41) is 7.00. The van der Waals surface area contributed by atoms with Crippen LogP contribution in [0.3, 0.4) is 0 Å². The van der Waals surface area contributed by atoms with Crippen molar-refractivity contribution < 1.29 is 14.3 Å². The second-order valence-corrected chi connectivity index (χ2v) is 5.83. The smallest absolute Gasteiger partial charge is 0.226 e. The van der Waals surface area contributed by atoms with E-state index in [9.17, 15) is 4.79 Å². The van der Waals surface area contributed by atoms with Crippen molar-refractivity contribution >= 4 is 40.5 Å². The van der Waals surface area contributed by atoms with E-state index in [0.717, 1.165) is 5.69 Å². The van der Waals surface area contributed by atoms with Gasteiger partial charge in [0.05, 0.1) is 14.2 Å². The van der Waals surface area contributed by atoms with Gasteiger partial charge in [-0.3, -0.25) is 4.79 Å². The number of methoxy groups -OCH3 is 2. The highest BCUT2D eigenvalue weighted by molar-refractivity contribution is 6.35. The number of ether oxygens (including phenoxy) is 2. The number of benzene rings is 2. The van der Waals surface area contributed by atoms with Gasteiger partial charge in [-0.25, -0.2) is 0 Å². The average molecular weight is 369 g/mol. The van der Waals surface area contributed by atoms with Gasteiger partial charge in [0.1, 0.15) is 0 Å². The van der Waals surface area contributed by atoms with Crippen LogP contribution < -0.4 is 20.1 Å². The van der Waals surface area contributed by atoms with Crippen molar-refractivity contribution in [3.63, 3.8) is 0 Å². The van der Waals surface area contributed by atoms with Crippen molar-refractivity contribution in [2.24, 2.45) is 0 Å². The Morgan fingerprint density at radius 2 is 1.62 bits per heavy atom. The Hall–Kier alpha value is -2.11. The molecule has 5 nitrogen and oxygen atoms in total. The summed E-state index contributed by atoms with van der Waals surface area (Å²) in [5.74, 6) is 1.04. The van der Waals surface area contributed by atoms with Crippen LogP contribution in [0.1, 0.15) is 6.42 Å². The molecule has 0 saturated carbocycles. The molecule has 0 aliphatic carbocycles. The van der Waals surface area contributed by atoms with Gasteiger partial charge < -0.3 is 20.1 Å². The molecular weight excluding hydrogens is 351 g/mol. The van der Waals surface area contributed by atoms with Crippen LogP contribution in [0.5, 0.6) is 11.5 Å². The highest BCUT2D eigenvalue weighted by Gasteiger charge is 2.07. The molecule has 2 rings (SSSR count). The van der Waals surface area contributed by atoms with Crippen molar-refractivity contribution in [3.05, 3.63) is 46.4 Å². The summed E-state index contributed by atoms with van der Waals surface area (Å²) in [5.41, 5.74) is 1.41. The van der Waals surface area contributed by atoms with Gasteiger partial charge in [-0.1, -0.05) is 23.2 Å². The predicted octanol–water partition coefficient (Wildman–Crippen LogP) is 4.45. The van der Waals surface area contributed by atoms with Gasteiger partial charge in [0.15, 0.2) is 11.5 Å². The van der Waals surface area contributed by atoms with E-state index in [-0.39, 0.29) is 5.91 Å². The molecule has 2 aromatic carbocycles. The highest BCUT2D eigenvalue weighted by Crippen LogP contribution is 2.29. The molecule has 0 heterocycles. The number of carbonyl (C=O) groups is 1. The van der Waals surface area contributed by atoms with Crippen LogP contribution in [0, 0.1) is 0 Å². The zero-order valence-electron chi connectivity index (χ0n) is 13.4. The van der Waals surface area contributed by atoms with Gasteiger partial charge in [-0.05, 0) is 30.3 Å². The first-order valence-corrected chi connectivity index (χ1v) is 7.99. The molecule has 0 fully saturated rings. The van der Waals surface area contributed by atoms with Crippen LogP contribution in [0.2, 0.25) is 10.0 Å². The lowest BCUT2D eigenvalue weighted by atomic mass is 10.2. The summed E-state index contributed by atoms with van der Waals surface area (Å²) in [6, 6.07) is 10.3. The Morgan fingerprint density at radius 1 is 0.958 bits per heavy atom. The Labute approximate surface area is 150 Å². The maximum absolute atomic E-state index is 12.0. The van der Waals surface area contributed by atoms with E-state index in [2.05, 4.69) is 10.6 Å². The van der Waals surface area contributed by atoms with E-state index >= 15 is 0 Å². The van der Waals surface area contributed by atoms with Crippen LogP contribution in [-0.2, 0) is 4.79 Å². The fraction of sp³-hybridized carbons (Fsp3) is 0.235. The maximum atomic E-state index is 12.0. The first-order chi connectivity index (χ1) is 11.5. The summed E-state index contributed by atoms with van der Waals surface area (Å²) in [6.07, 6.45) is 0.290. The standard InChI is InChI=1S/C17H18Cl2N2O3/c1-23-15-4-3-13(10-16(15)24-2)21-17(22)5-6-20-14-8-11(18)7-12(19)9-14/h3-4,7-10,20H,5-6H2,1-2H3,(H,21,22). The molecule has 0 aliphatic rings. The van der Waals surface area contributed by atoms with Crippen LogP contribution in [0.15, 0.2) is 36.4 Å². The Balaban J connectivity index is 1.87. The van der Waals surface area contributed by atoms with Crippen molar-refractivity contribution in [1.82, 2.24) is 0 Å². The first-order valence-electron chi connectivity index (χ1n) is 7.23. The van der Waals surface area contributed by atoms with Crippen LogP contribution >= 0.6 is 23.2 Å². The minimum absolute atomic E-state index is 0.122. The molecule has 24 heavy (non-hydrogen) atoms. The van der Waals surface area contributed by atoms with Crippen molar-refractivity contribution in [1.29, 1.82) is 0 Å². The molecule has 0 saturated heterocycles. The molecule has 128 valence electrons. The second-order valence-electron chi connectivity index (χ2n) is 4.95. The third-order valence-electron chi connectivity index (χ3n) is 3.21. The van der Waals surface area contributed by atoms with Crippen LogP contribution in [0.4, 0.5) is 11.4 Å². The molecule has 2 aromatic rings. The highest BCUT2D eigenvalue weighted by atomic mass is 35.5. The quantitative estimate of drug-likeness (QED) is 0.757. The third-order valence-corrected chi connectivity index (χ3v) is 3.65. The summed E-state index contributed by atoms with van der Waals surface area (Å²) in [6.45, 7) is 0.454. The van der Waals surface area contributed by atoms with Gasteiger partial charge in [-0.15, -0.1) is 0 Å². The Kier molecular flexibility index (Phi) is 6.58. The number of hydrogen-bond donors (Lipinski definition) is 2. The lowest BCUT2D eigenvalue weighted by molar-refractivity contribution is -0.115. The number of nitrogens with one attached hydrogen (secondary N) is 2. The van der Waals surface area contributed by atoms with Crippen molar-refractivity contribution in [2.45, 2.75) is 6.42 Å². The van der Waals surface area contributed by atoms with Gasteiger partial charge in [0, 0.05) is 40.5 Å². The van der Waals surface area contributed by atoms with Gasteiger partial charge in [0.2, 0.25) is 5.91 Å². The topological polar surface area (TPSA) is 59.6 Å². The van der Waals surface area contributed by atoms with E-state index in [4.69, 9.17) is 32.7 Å². The molecule has 2 N–H and O–H groups in total. The maximum Gasteiger partial charge on any atom is 0.226 e. The monoisotopic (exact) mass is 368 g/mol. The fourth-order valence-electron chi connectivity index (χ4n) is 2.11. The zero-order chi connectivity index (χ0) is 17.5. The van der Waals surface area contributed by atoms with E-state index in [1.54, 1.807) is 50.6 Å². The van der Waals surface area contributed by atoms with Crippen LogP contribution in [0.25, 0.3) is 0 Å². The molecule has 0 spiro atoms. The van der Waals surface area contributed by atoms with Crippen molar-refractivity contribution in [2.75, 3.05) is 31.4 Å². The average Bonchev–Trinajstić information content (AvgIpc) is 2.53. The lowest BCUT2D eigenvalue weighted by Gasteiger charge is -2.11. The van der Waals surface area contributed by atoms with Gasteiger partial charge in [0.25, 0.3) is 0 Å². The second kappa shape index (κ2) is 8.66. The van der Waals surface area contributed by atoms with E-state index in [1.807, 2.05) is 0 Å². The number of halogens is 2. The summed E-state index contributed by atoms with van der Waals surface area (Å²) in [7, 11) is 3.10. The van der Waals surface area contributed by atoms with E-state index in [0.29, 0.717) is 40.2 Å². The predicted molar refractivity (Wildman–Crippen MR) is 97.7 cm³/mol. The largest absolute Gasteiger partial charge is 0.493 e. The third kappa shape index (κ3) is 5.22. The molecule has 0 radical (unpaired) electrons. The zero-order valence-corrected chi connectivity index (χ0v) is 14.9. The summed E-state index contributed by atoms with van der Waals surface area (Å²) in [4.78, 5) is 12.0. The van der Waals surface area contributed by atoms with Crippen LogP contribution in [-0.4, -0.2) is 26.7 Å². The van der Waals surface area contributed by atoms with E-state index in [1.165, 1.54) is 0 Å². The van der Waals surface area contributed by atoms with Gasteiger partial charge in [-0.2, -0.15) is 0 Å². The molecule has 0 aromatic heterocycles. The number of carbonyl (C=O) groups excluding carboxylic acids is 1. The molecule has 7 heteroatoms. The molecule has 0 aliphatic heterocycles. The van der Waals surface area contributed by atoms with E-state index < -0.39 is 0 Å². The summed E-state index contributed by atoms with van der Waals surface area (Å²) >= 11 is 11.9. The fourth-order valence-corrected chi connectivity index (χ4v) is 2.64. The SMILES string of the molecule is COc1ccc(NC(=O)CCNc2cc(Cl)cc(Cl)c2)cc1OC. The Bertz CT molecular complexity index is 703. The summed E-state index contributed by atoms with van der Waals surface area (Å²) < 4.78 is 10.4. The number of anilines is 2. The molecule has 0 atom stereocenters. The molecule has 1 amide bonds. The molecule has 0 bridgehead atoms. The number of hydrogen-bond acceptors (Lipinski definition) is 4. The minimum Gasteiger partial charge on any atom is -0.493 e. The molecule has 0 unspecified atom stereocenters. The van der Waals surface area contributed by atoms with Crippen molar-refractivity contribution in [3.8, 4) is 11.5 Å². The van der Waals surface area contributed by atoms with Gasteiger partial charge >= 0.3 is 0 Å². The lowest BCUT2D eigenvalue weighted by Crippen LogP contribution is -2.16. The Morgan fingerprint density at radius 3 is 2.25 bits per heavy atom. The number of rotatable bonds is 7. The normalized spacial score (nSPS) is 10.2. The minimum atomic E-state index is -0.122.